The molecule has 0 heterocycles. The SMILES string of the molecule is CCC(=O)Nc1cccc(C(=O)Nc2cc(S(=O)(=O)N(C)C)ccc2C)c1. The zero-order valence-electron chi connectivity index (χ0n) is 15.7. The summed E-state index contributed by atoms with van der Waals surface area (Å²) in [7, 11) is -0.709. The van der Waals surface area contributed by atoms with Crippen LogP contribution in [0.15, 0.2) is 47.4 Å². The van der Waals surface area contributed by atoms with Crippen LogP contribution in [0.5, 0.6) is 0 Å². The van der Waals surface area contributed by atoms with E-state index in [2.05, 4.69) is 10.6 Å². The summed E-state index contributed by atoms with van der Waals surface area (Å²) < 4.78 is 25.7. The summed E-state index contributed by atoms with van der Waals surface area (Å²) >= 11 is 0. The van der Waals surface area contributed by atoms with Crippen molar-refractivity contribution in [2.45, 2.75) is 25.2 Å². The van der Waals surface area contributed by atoms with E-state index in [1.165, 1.54) is 26.2 Å². The maximum atomic E-state index is 12.6. The summed E-state index contributed by atoms with van der Waals surface area (Å²) in [6, 6.07) is 11.1. The first-order valence-electron chi connectivity index (χ1n) is 8.39. The van der Waals surface area contributed by atoms with Crippen molar-refractivity contribution >= 4 is 33.2 Å². The lowest BCUT2D eigenvalue weighted by Crippen LogP contribution is -2.22. The lowest BCUT2D eigenvalue weighted by molar-refractivity contribution is -0.115. The van der Waals surface area contributed by atoms with Crippen molar-refractivity contribution in [1.82, 2.24) is 4.31 Å². The van der Waals surface area contributed by atoms with Gasteiger partial charge in [0.25, 0.3) is 5.91 Å². The van der Waals surface area contributed by atoms with Gasteiger partial charge >= 0.3 is 0 Å². The number of benzene rings is 2. The molecule has 0 atom stereocenters. The lowest BCUT2D eigenvalue weighted by atomic mass is 10.1. The topological polar surface area (TPSA) is 95.6 Å². The molecule has 0 saturated heterocycles. The van der Waals surface area contributed by atoms with Crippen LogP contribution in [0.25, 0.3) is 0 Å². The molecule has 144 valence electrons. The van der Waals surface area contributed by atoms with Crippen LogP contribution in [0.1, 0.15) is 29.3 Å². The Morgan fingerprint density at radius 2 is 1.74 bits per heavy atom. The Morgan fingerprint density at radius 3 is 2.37 bits per heavy atom. The fourth-order valence-corrected chi connectivity index (χ4v) is 3.22. The van der Waals surface area contributed by atoms with E-state index in [-0.39, 0.29) is 10.8 Å². The molecule has 0 fully saturated rings. The molecule has 2 aromatic carbocycles. The Balaban J connectivity index is 2.28. The van der Waals surface area contributed by atoms with Gasteiger partial charge in [-0.3, -0.25) is 9.59 Å². The van der Waals surface area contributed by atoms with Gasteiger partial charge in [-0.2, -0.15) is 0 Å². The standard InChI is InChI=1S/C19H23N3O4S/c1-5-18(23)20-15-8-6-7-14(11-15)19(24)21-17-12-16(10-9-13(17)2)27(25,26)22(3)4/h6-12H,5H2,1-4H3,(H,20,23)(H,21,24). The molecule has 0 unspecified atom stereocenters. The maximum absolute atomic E-state index is 12.6. The molecule has 27 heavy (non-hydrogen) atoms. The van der Waals surface area contributed by atoms with Crippen LogP contribution in [0.2, 0.25) is 0 Å². The Morgan fingerprint density at radius 1 is 1.04 bits per heavy atom. The molecule has 0 aliphatic heterocycles. The van der Waals surface area contributed by atoms with Crippen LogP contribution >= 0.6 is 0 Å². The van der Waals surface area contributed by atoms with Crippen molar-refractivity contribution in [3.63, 3.8) is 0 Å². The zero-order chi connectivity index (χ0) is 20.2. The molecule has 0 saturated carbocycles. The summed E-state index contributed by atoms with van der Waals surface area (Å²) in [5.74, 6) is -0.546. The molecule has 0 aliphatic rings. The number of nitrogens with one attached hydrogen (secondary N) is 2. The Labute approximate surface area is 159 Å². The van der Waals surface area contributed by atoms with Crippen molar-refractivity contribution in [2.24, 2.45) is 0 Å². The average molecular weight is 389 g/mol. The molecular weight excluding hydrogens is 366 g/mol. The first-order valence-corrected chi connectivity index (χ1v) is 9.83. The Hall–Kier alpha value is -2.71. The van der Waals surface area contributed by atoms with Crippen molar-refractivity contribution < 1.29 is 18.0 Å². The van der Waals surface area contributed by atoms with E-state index in [4.69, 9.17) is 0 Å². The minimum atomic E-state index is -3.61. The molecule has 2 rings (SSSR count). The molecule has 0 aliphatic carbocycles. The number of nitrogens with zero attached hydrogens (tertiary/aromatic N) is 1. The van der Waals surface area contributed by atoms with Crippen molar-refractivity contribution in [3.05, 3.63) is 53.6 Å². The van der Waals surface area contributed by atoms with Gasteiger partial charge in [0.15, 0.2) is 0 Å². The molecule has 0 bridgehead atoms. The fraction of sp³-hybridized carbons (Fsp3) is 0.263. The van der Waals surface area contributed by atoms with E-state index in [9.17, 15) is 18.0 Å². The lowest BCUT2D eigenvalue weighted by Gasteiger charge is -2.14. The number of carbonyl (C=O) groups excluding carboxylic acids is 2. The molecule has 2 aromatic rings. The quantitative estimate of drug-likeness (QED) is 0.794. The second-order valence-corrected chi connectivity index (χ2v) is 8.35. The third-order valence-corrected chi connectivity index (χ3v) is 5.78. The van der Waals surface area contributed by atoms with E-state index in [0.717, 1.165) is 9.87 Å². The van der Waals surface area contributed by atoms with Gasteiger partial charge in [-0.05, 0) is 42.8 Å². The number of sulfonamides is 1. The van der Waals surface area contributed by atoms with Crippen LogP contribution in [-0.2, 0) is 14.8 Å². The molecule has 8 heteroatoms. The minimum Gasteiger partial charge on any atom is -0.326 e. The van der Waals surface area contributed by atoms with E-state index >= 15 is 0 Å². The number of aryl methyl sites for hydroxylation is 1. The van der Waals surface area contributed by atoms with Crippen molar-refractivity contribution in [1.29, 1.82) is 0 Å². The predicted molar refractivity (Wildman–Crippen MR) is 105 cm³/mol. The van der Waals surface area contributed by atoms with Crippen LogP contribution in [0, 0.1) is 6.92 Å². The smallest absolute Gasteiger partial charge is 0.255 e. The van der Waals surface area contributed by atoms with Gasteiger partial charge in [-0.25, -0.2) is 12.7 Å². The van der Waals surface area contributed by atoms with Crippen LogP contribution in [0.3, 0.4) is 0 Å². The maximum Gasteiger partial charge on any atom is 0.255 e. The van der Waals surface area contributed by atoms with Gasteiger partial charge in [-0.15, -0.1) is 0 Å². The molecule has 0 spiro atoms. The first-order chi connectivity index (χ1) is 12.6. The van der Waals surface area contributed by atoms with Crippen LogP contribution in [-0.4, -0.2) is 38.6 Å². The van der Waals surface area contributed by atoms with E-state index in [1.54, 1.807) is 44.2 Å². The summed E-state index contributed by atoms with van der Waals surface area (Å²) in [4.78, 5) is 24.2. The molecule has 2 amide bonds. The summed E-state index contributed by atoms with van der Waals surface area (Å²) in [5.41, 5.74) is 2.02. The Kier molecular flexibility index (Phi) is 6.35. The number of carbonyl (C=O) groups is 2. The van der Waals surface area contributed by atoms with Crippen molar-refractivity contribution in [3.8, 4) is 0 Å². The molecule has 0 aromatic heterocycles. The minimum absolute atomic E-state index is 0.0948. The third kappa shape index (κ3) is 4.93. The van der Waals surface area contributed by atoms with Crippen LogP contribution < -0.4 is 10.6 Å². The monoisotopic (exact) mass is 389 g/mol. The molecular formula is C19H23N3O4S. The predicted octanol–water partition coefficient (Wildman–Crippen LogP) is 2.85. The second kappa shape index (κ2) is 8.32. The van der Waals surface area contributed by atoms with Crippen molar-refractivity contribution in [2.75, 3.05) is 24.7 Å². The largest absolute Gasteiger partial charge is 0.326 e. The number of hydrogen-bond donors (Lipinski definition) is 2. The van der Waals surface area contributed by atoms with Crippen LogP contribution in [0.4, 0.5) is 11.4 Å². The number of amides is 2. The first kappa shape index (κ1) is 20.6. The third-order valence-electron chi connectivity index (χ3n) is 3.97. The highest BCUT2D eigenvalue weighted by Crippen LogP contribution is 2.23. The van der Waals surface area contributed by atoms with Gasteiger partial charge in [0.1, 0.15) is 0 Å². The second-order valence-electron chi connectivity index (χ2n) is 6.20. The van der Waals surface area contributed by atoms with Gasteiger partial charge < -0.3 is 10.6 Å². The van der Waals surface area contributed by atoms with Gasteiger partial charge in [0.2, 0.25) is 15.9 Å². The number of anilines is 2. The van der Waals surface area contributed by atoms with Gasteiger partial charge in [-0.1, -0.05) is 19.1 Å². The molecule has 0 radical (unpaired) electrons. The fourth-order valence-electron chi connectivity index (χ4n) is 2.29. The number of rotatable bonds is 6. The normalized spacial score (nSPS) is 11.3. The van der Waals surface area contributed by atoms with E-state index < -0.39 is 15.9 Å². The van der Waals surface area contributed by atoms with Gasteiger partial charge in [0.05, 0.1) is 4.90 Å². The average Bonchev–Trinajstić information content (AvgIpc) is 2.63. The number of hydrogen-bond acceptors (Lipinski definition) is 4. The molecule has 2 N–H and O–H groups in total. The highest BCUT2D eigenvalue weighted by molar-refractivity contribution is 7.89. The van der Waals surface area contributed by atoms with Gasteiger partial charge in [0, 0.05) is 37.5 Å². The summed E-state index contributed by atoms with van der Waals surface area (Å²) in [6.45, 7) is 3.52. The summed E-state index contributed by atoms with van der Waals surface area (Å²) in [5, 5.41) is 5.44. The summed E-state index contributed by atoms with van der Waals surface area (Å²) in [6.07, 6.45) is 0.336. The zero-order valence-corrected chi connectivity index (χ0v) is 16.6. The Bertz CT molecular complexity index is 969. The van der Waals surface area contributed by atoms with E-state index in [1.807, 2.05) is 0 Å². The highest BCUT2D eigenvalue weighted by Gasteiger charge is 2.19. The highest BCUT2D eigenvalue weighted by atomic mass is 32.2. The van der Waals surface area contributed by atoms with E-state index in [0.29, 0.717) is 23.4 Å². The molecule has 7 nitrogen and oxygen atoms in total.